The fourth-order valence-corrected chi connectivity index (χ4v) is 2.32. The summed E-state index contributed by atoms with van der Waals surface area (Å²) in [5.41, 5.74) is 2.87. The highest BCUT2D eigenvalue weighted by molar-refractivity contribution is 5.88. The average molecular weight is 310 g/mol. The maximum absolute atomic E-state index is 12.0. The van der Waals surface area contributed by atoms with Crippen LogP contribution in [0.2, 0.25) is 0 Å². The highest BCUT2D eigenvalue weighted by atomic mass is 16.2. The lowest BCUT2D eigenvalue weighted by atomic mass is 10.0. The Morgan fingerprint density at radius 2 is 1.65 bits per heavy atom. The molecule has 0 spiro atoms. The van der Waals surface area contributed by atoms with E-state index in [0.29, 0.717) is 13.0 Å². The second kappa shape index (κ2) is 8.13. The van der Waals surface area contributed by atoms with Crippen molar-refractivity contribution in [1.82, 2.24) is 5.32 Å². The molecule has 120 valence electrons. The van der Waals surface area contributed by atoms with Crippen LogP contribution in [-0.2, 0) is 16.0 Å². The monoisotopic (exact) mass is 310 g/mol. The Morgan fingerprint density at radius 3 is 2.26 bits per heavy atom. The Hall–Kier alpha value is -2.62. The van der Waals surface area contributed by atoms with Crippen molar-refractivity contribution in [3.63, 3.8) is 0 Å². The third-order valence-electron chi connectivity index (χ3n) is 3.61. The van der Waals surface area contributed by atoms with Gasteiger partial charge in [-0.15, -0.1) is 0 Å². The molecule has 0 heterocycles. The number of nitrogens with one attached hydrogen (secondary N) is 2. The van der Waals surface area contributed by atoms with Crippen LogP contribution in [0.3, 0.4) is 0 Å². The van der Waals surface area contributed by atoms with Crippen LogP contribution >= 0.6 is 0 Å². The quantitative estimate of drug-likeness (QED) is 0.861. The van der Waals surface area contributed by atoms with Gasteiger partial charge >= 0.3 is 0 Å². The van der Waals surface area contributed by atoms with E-state index in [1.54, 1.807) is 12.1 Å². The molecule has 0 fully saturated rings. The van der Waals surface area contributed by atoms with Gasteiger partial charge in [-0.2, -0.15) is 0 Å². The molecule has 0 saturated heterocycles. The van der Waals surface area contributed by atoms with Crippen molar-refractivity contribution in [2.75, 3.05) is 11.9 Å². The first-order chi connectivity index (χ1) is 11.0. The van der Waals surface area contributed by atoms with E-state index in [9.17, 15) is 9.59 Å². The first-order valence-corrected chi connectivity index (χ1v) is 7.73. The molecule has 23 heavy (non-hydrogen) atoms. The summed E-state index contributed by atoms with van der Waals surface area (Å²) in [5, 5.41) is 5.67. The fraction of sp³-hybridized carbons (Fsp3) is 0.263. The van der Waals surface area contributed by atoms with Gasteiger partial charge < -0.3 is 10.6 Å². The van der Waals surface area contributed by atoms with Gasteiger partial charge in [-0.3, -0.25) is 9.59 Å². The van der Waals surface area contributed by atoms with E-state index in [-0.39, 0.29) is 17.7 Å². The van der Waals surface area contributed by atoms with Crippen LogP contribution in [0.5, 0.6) is 0 Å². The lowest BCUT2D eigenvalue weighted by Gasteiger charge is -2.13. The number of anilines is 1. The van der Waals surface area contributed by atoms with Crippen molar-refractivity contribution in [1.29, 1.82) is 0 Å². The van der Waals surface area contributed by atoms with E-state index in [4.69, 9.17) is 0 Å². The van der Waals surface area contributed by atoms with Crippen LogP contribution in [0, 0.1) is 0 Å². The summed E-state index contributed by atoms with van der Waals surface area (Å²) >= 11 is 0. The van der Waals surface area contributed by atoms with Gasteiger partial charge in [0.1, 0.15) is 0 Å². The van der Waals surface area contributed by atoms with Crippen LogP contribution in [0.15, 0.2) is 54.6 Å². The van der Waals surface area contributed by atoms with Crippen molar-refractivity contribution in [3.8, 4) is 0 Å². The van der Waals surface area contributed by atoms with Crippen molar-refractivity contribution in [3.05, 3.63) is 65.7 Å². The van der Waals surface area contributed by atoms with E-state index < -0.39 is 0 Å². The minimum Gasteiger partial charge on any atom is -0.355 e. The number of hydrogen-bond donors (Lipinski definition) is 2. The predicted octanol–water partition coefficient (Wildman–Crippen LogP) is 3.11. The fourth-order valence-electron chi connectivity index (χ4n) is 2.32. The molecule has 0 bridgehead atoms. The lowest BCUT2D eigenvalue weighted by Crippen LogP contribution is -2.28. The molecular formula is C19H22N2O2. The van der Waals surface area contributed by atoms with E-state index in [2.05, 4.69) is 29.7 Å². The molecule has 2 amide bonds. The summed E-state index contributed by atoms with van der Waals surface area (Å²) in [7, 11) is 0. The largest absolute Gasteiger partial charge is 0.355 e. The lowest BCUT2D eigenvalue weighted by molar-refractivity contribution is -0.120. The minimum absolute atomic E-state index is 0.0000539. The van der Waals surface area contributed by atoms with Gasteiger partial charge in [0.05, 0.1) is 6.42 Å². The third kappa shape index (κ3) is 5.58. The van der Waals surface area contributed by atoms with Crippen LogP contribution in [0.1, 0.15) is 30.9 Å². The molecule has 2 rings (SSSR count). The van der Waals surface area contributed by atoms with Gasteiger partial charge in [-0.25, -0.2) is 0 Å². The average Bonchev–Trinajstić information content (AvgIpc) is 2.55. The second-order valence-corrected chi connectivity index (χ2v) is 5.67. The van der Waals surface area contributed by atoms with E-state index in [1.807, 2.05) is 30.3 Å². The van der Waals surface area contributed by atoms with Crippen molar-refractivity contribution >= 4 is 17.5 Å². The summed E-state index contributed by atoms with van der Waals surface area (Å²) < 4.78 is 0. The maximum Gasteiger partial charge on any atom is 0.224 e. The highest BCUT2D eigenvalue weighted by Gasteiger charge is 2.08. The Morgan fingerprint density at radius 1 is 1.00 bits per heavy atom. The zero-order valence-corrected chi connectivity index (χ0v) is 13.5. The van der Waals surface area contributed by atoms with E-state index >= 15 is 0 Å². The molecule has 0 aliphatic heterocycles. The minimum atomic E-state index is -0.106. The third-order valence-corrected chi connectivity index (χ3v) is 3.61. The summed E-state index contributed by atoms with van der Waals surface area (Å²) in [6, 6.07) is 17.4. The number of amides is 2. The number of hydrogen-bond acceptors (Lipinski definition) is 2. The highest BCUT2D eigenvalue weighted by Crippen LogP contribution is 2.13. The van der Waals surface area contributed by atoms with Crippen LogP contribution in [-0.4, -0.2) is 18.4 Å². The second-order valence-electron chi connectivity index (χ2n) is 5.67. The molecule has 2 aromatic rings. The normalized spacial score (nSPS) is 11.6. The molecule has 0 saturated carbocycles. The molecule has 1 unspecified atom stereocenters. The van der Waals surface area contributed by atoms with Crippen molar-refractivity contribution in [2.45, 2.75) is 26.2 Å². The van der Waals surface area contributed by atoms with Crippen LogP contribution < -0.4 is 10.6 Å². The molecule has 4 nitrogen and oxygen atoms in total. The molecule has 1 atom stereocenters. The Labute approximate surface area is 136 Å². The smallest absolute Gasteiger partial charge is 0.224 e. The summed E-state index contributed by atoms with van der Waals surface area (Å²) in [6.07, 6.45) is 0.335. The van der Waals surface area contributed by atoms with Gasteiger partial charge in [0.15, 0.2) is 0 Å². The van der Waals surface area contributed by atoms with Gasteiger partial charge in [-0.1, -0.05) is 49.4 Å². The zero-order valence-electron chi connectivity index (χ0n) is 13.5. The Kier molecular flexibility index (Phi) is 5.92. The standard InChI is InChI=1S/C19H22N2O2/c1-14(17-6-4-3-5-7-17)13-20-19(23)12-16-8-10-18(11-9-16)21-15(2)22/h3-11,14H,12-13H2,1-2H3,(H,20,23)(H,21,22). The van der Waals surface area contributed by atoms with Gasteiger partial charge in [-0.05, 0) is 29.2 Å². The Balaban J connectivity index is 1.81. The van der Waals surface area contributed by atoms with Crippen molar-refractivity contribution in [2.24, 2.45) is 0 Å². The van der Waals surface area contributed by atoms with Crippen LogP contribution in [0.4, 0.5) is 5.69 Å². The van der Waals surface area contributed by atoms with Gasteiger partial charge in [0.2, 0.25) is 11.8 Å². The zero-order chi connectivity index (χ0) is 16.7. The molecule has 2 aromatic carbocycles. The summed E-state index contributed by atoms with van der Waals surface area (Å²) in [6.45, 7) is 4.18. The van der Waals surface area contributed by atoms with Gasteiger partial charge in [0.25, 0.3) is 0 Å². The maximum atomic E-state index is 12.0. The number of benzene rings is 2. The number of carbonyl (C=O) groups is 2. The van der Waals surface area contributed by atoms with Crippen molar-refractivity contribution < 1.29 is 9.59 Å². The SMILES string of the molecule is CC(=O)Nc1ccc(CC(=O)NCC(C)c2ccccc2)cc1. The topological polar surface area (TPSA) is 58.2 Å². The number of rotatable bonds is 6. The summed E-state index contributed by atoms with van der Waals surface area (Å²) in [4.78, 5) is 23.0. The molecule has 0 aliphatic carbocycles. The van der Waals surface area contributed by atoms with E-state index in [0.717, 1.165) is 11.3 Å². The Bertz CT molecular complexity index is 651. The number of carbonyl (C=O) groups excluding carboxylic acids is 2. The molecule has 2 N–H and O–H groups in total. The predicted molar refractivity (Wildman–Crippen MR) is 92.3 cm³/mol. The first kappa shape index (κ1) is 16.7. The van der Waals surface area contributed by atoms with Gasteiger partial charge in [0, 0.05) is 19.2 Å². The molecule has 4 heteroatoms. The molecular weight excluding hydrogens is 288 g/mol. The summed E-state index contributed by atoms with van der Waals surface area (Å²) in [5.74, 6) is 0.174. The van der Waals surface area contributed by atoms with E-state index in [1.165, 1.54) is 12.5 Å². The first-order valence-electron chi connectivity index (χ1n) is 7.73. The van der Waals surface area contributed by atoms with Crippen LogP contribution in [0.25, 0.3) is 0 Å². The molecule has 0 radical (unpaired) electrons. The molecule has 0 aromatic heterocycles. The molecule has 0 aliphatic rings.